The van der Waals surface area contributed by atoms with Gasteiger partial charge in [0.05, 0.1) is 0 Å². The van der Waals surface area contributed by atoms with E-state index in [9.17, 15) is 0 Å². The molecule has 0 aliphatic heterocycles. The highest BCUT2D eigenvalue weighted by Crippen LogP contribution is 2.55. The third-order valence-electron chi connectivity index (χ3n) is 11.1. The van der Waals surface area contributed by atoms with E-state index >= 15 is 0 Å². The van der Waals surface area contributed by atoms with Crippen LogP contribution in [0.25, 0.3) is 54.9 Å². The van der Waals surface area contributed by atoms with E-state index in [4.69, 9.17) is 0 Å². The summed E-state index contributed by atoms with van der Waals surface area (Å²) >= 11 is 0. The van der Waals surface area contributed by atoms with Gasteiger partial charge in [-0.15, -0.1) is 0 Å². The van der Waals surface area contributed by atoms with Crippen molar-refractivity contribution in [1.82, 2.24) is 0 Å². The van der Waals surface area contributed by atoms with Crippen LogP contribution in [0.3, 0.4) is 0 Å². The highest BCUT2D eigenvalue weighted by Gasteiger charge is 2.41. The Bertz CT molecular complexity index is 2500. The number of hydrogen-bond donors (Lipinski definition) is 0. The molecule has 1 nitrogen and oxygen atoms in total. The summed E-state index contributed by atoms with van der Waals surface area (Å²) in [5.41, 5.74) is 14.0. The van der Waals surface area contributed by atoms with Gasteiger partial charge in [0, 0.05) is 22.5 Å². The first-order valence-corrected chi connectivity index (χ1v) is 17.9. The Labute approximate surface area is 295 Å². The van der Waals surface area contributed by atoms with Gasteiger partial charge in [-0.1, -0.05) is 135 Å². The second-order valence-corrected chi connectivity index (χ2v) is 13.6. The van der Waals surface area contributed by atoms with Crippen LogP contribution in [0.15, 0.2) is 176 Å². The van der Waals surface area contributed by atoms with E-state index in [1.54, 1.807) is 0 Å². The Balaban J connectivity index is 1.18. The fourth-order valence-electron chi connectivity index (χ4n) is 8.39. The van der Waals surface area contributed by atoms with Crippen molar-refractivity contribution < 1.29 is 0 Å². The third kappa shape index (κ3) is 4.92. The van der Waals surface area contributed by atoms with E-state index in [2.05, 4.69) is 195 Å². The molecule has 50 heavy (non-hydrogen) atoms. The topological polar surface area (TPSA) is 3.24 Å². The summed E-state index contributed by atoms with van der Waals surface area (Å²) in [6.45, 7) is 4.72. The highest BCUT2D eigenvalue weighted by molar-refractivity contribution is 5.95. The van der Waals surface area contributed by atoms with Gasteiger partial charge in [0.1, 0.15) is 0 Å². The first kappa shape index (κ1) is 30.2. The molecule has 1 aliphatic carbocycles. The van der Waals surface area contributed by atoms with Crippen LogP contribution in [0.5, 0.6) is 0 Å². The molecule has 0 fully saturated rings. The Morgan fingerprint density at radius 3 is 1.58 bits per heavy atom. The second kappa shape index (κ2) is 12.2. The molecule has 0 atom stereocenters. The molecule has 1 aliphatic rings. The van der Waals surface area contributed by atoms with Crippen LogP contribution in [0.4, 0.5) is 17.1 Å². The van der Waals surface area contributed by atoms with Crippen LogP contribution < -0.4 is 4.90 Å². The highest BCUT2D eigenvalue weighted by atomic mass is 15.1. The molecule has 0 heterocycles. The van der Waals surface area contributed by atoms with Gasteiger partial charge in [0.25, 0.3) is 0 Å². The molecule has 0 bridgehead atoms. The number of nitrogens with zero attached hydrogens (tertiary/aromatic N) is 1. The molecule has 240 valence electrons. The number of fused-ring (bicyclic) bond motifs is 5. The lowest BCUT2D eigenvalue weighted by Crippen LogP contribution is -2.23. The fraction of sp³-hybridized carbons (Fsp3) is 0.102. The molecule has 0 N–H and O–H groups in total. The normalized spacial score (nSPS) is 12.9. The zero-order chi connectivity index (χ0) is 33.7. The lowest BCUT2D eigenvalue weighted by Gasteiger charge is -2.32. The van der Waals surface area contributed by atoms with Gasteiger partial charge in [0.2, 0.25) is 0 Å². The van der Waals surface area contributed by atoms with Crippen molar-refractivity contribution in [3.63, 3.8) is 0 Å². The molecule has 1 heteroatoms. The quantitative estimate of drug-likeness (QED) is 0.167. The molecular formula is C49H39N. The third-order valence-corrected chi connectivity index (χ3v) is 11.1. The standard InChI is InChI=1S/C49H39N/c1-3-49(4-2)47-32-41-18-11-10-17-40(41)31-46(47)45-28-27-44(33-48(45)49)50(43-26-23-35-15-8-9-16-39(35)30-43)42-24-21-36(22-25-42)38-20-12-19-37(29-38)34-13-6-5-7-14-34/h5-33H,3-4H2,1-2H3. The Morgan fingerprint density at radius 1 is 0.360 bits per heavy atom. The summed E-state index contributed by atoms with van der Waals surface area (Å²) < 4.78 is 0. The average Bonchev–Trinajstić information content (AvgIpc) is 3.45. The summed E-state index contributed by atoms with van der Waals surface area (Å²) in [7, 11) is 0. The lowest BCUT2D eigenvalue weighted by atomic mass is 9.73. The maximum atomic E-state index is 2.49. The van der Waals surface area contributed by atoms with E-state index in [0.717, 1.165) is 24.2 Å². The first-order chi connectivity index (χ1) is 24.6. The monoisotopic (exact) mass is 641 g/mol. The number of anilines is 3. The van der Waals surface area contributed by atoms with Crippen LogP contribution in [-0.4, -0.2) is 0 Å². The molecule has 0 saturated carbocycles. The van der Waals surface area contributed by atoms with Gasteiger partial charge < -0.3 is 4.90 Å². The Kier molecular flexibility index (Phi) is 7.36. The van der Waals surface area contributed by atoms with Crippen molar-refractivity contribution in [2.75, 3.05) is 4.90 Å². The van der Waals surface area contributed by atoms with Crippen LogP contribution in [0.2, 0.25) is 0 Å². The summed E-state index contributed by atoms with van der Waals surface area (Å²) in [5, 5.41) is 5.10. The molecule has 0 aromatic heterocycles. The van der Waals surface area contributed by atoms with Gasteiger partial charge in [0.15, 0.2) is 0 Å². The van der Waals surface area contributed by atoms with Crippen LogP contribution in [0.1, 0.15) is 37.8 Å². The number of rotatable bonds is 7. The van der Waals surface area contributed by atoms with Crippen molar-refractivity contribution in [2.45, 2.75) is 32.1 Å². The summed E-state index contributed by atoms with van der Waals surface area (Å²) in [6.07, 6.45) is 2.11. The molecular weight excluding hydrogens is 603 g/mol. The van der Waals surface area contributed by atoms with E-state index in [1.807, 2.05) is 0 Å². The summed E-state index contributed by atoms with van der Waals surface area (Å²) in [6, 6.07) is 64.9. The minimum Gasteiger partial charge on any atom is -0.310 e. The van der Waals surface area contributed by atoms with Crippen molar-refractivity contribution in [3.8, 4) is 33.4 Å². The SMILES string of the molecule is CCC1(CC)c2cc(N(c3ccc(-c4cccc(-c5ccccc5)c4)cc3)c3ccc4ccccc4c3)ccc2-c2cc3ccccc3cc21. The minimum absolute atomic E-state index is 0.0343. The molecule has 0 saturated heterocycles. The van der Waals surface area contributed by atoms with Crippen molar-refractivity contribution in [3.05, 3.63) is 187 Å². The van der Waals surface area contributed by atoms with Crippen molar-refractivity contribution in [1.29, 1.82) is 0 Å². The Morgan fingerprint density at radius 2 is 0.880 bits per heavy atom. The molecule has 0 amide bonds. The van der Waals surface area contributed by atoms with E-state index in [0.29, 0.717) is 0 Å². The van der Waals surface area contributed by atoms with Crippen molar-refractivity contribution >= 4 is 38.6 Å². The zero-order valence-electron chi connectivity index (χ0n) is 28.6. The van der Waals surface area contributed by atoms with Crippen LogP contribution in [-0.2, 0) is 5.41 Å². The predicted octanol–water partition coefficient (Wildman–Crippen LogP) is 13.9. The first-order valence-electron chi connectivity index (χ1n) is 17.9. The van der Waals surface area contributed by atoms with Crippen LogP contribution in [0, 0.1) is 0 Å². The summed E-state index contributed by atoms with van der Waals surface area (Å²) in [5.74, 6) is 0. The Hall–Kier alpha value is -5.92. The fourth-order valence-corrected chi connectivity index (χ4v) is 8.39. The van der Waals surface area contributed by atoms with Gasteiger partial charge in [-0.05, 0) is 133 Å². The van der Waals surface area contributed by atoms with Gasteiger partial charge in [-0.25, -0.2) is 0 Å². The summed E-state index contributed by atoms with van der Waals surface area (Å²) in [4.78, 5) is 2.44. The predicted molar refractivity (Wildman–Crippen MR) is 214 cm³/mol. The largest absolute Gasteiger partial charge is 0.310 e. The number of benzene rings is 8. The van der Waals surface area contributed by atoms with E-state index in [1.165, 1.54) is 71.7 Å². The minimum atomic E-state index is -0.0343. The molecule has 8 aromatic carbocycles. The molecule has 9 rings (SSSR count). The van der Waals surface area contributed by atoms with Crippen LogP contribution >= 0.6 is 0 Å². The van der Waals surface area contributed by atoms with Gasteiger partial charge >= 0.3 is 0 Å². The average molecular weight is 642 g/mol. The lowest BCUT2D eigenvalue weighted by molar-refractivity contribution is 0.491. The maximum Gasteiger partial charge on any atom is 0.0468 e. The molecule has 0 radical (unpaired) electrons. The van der Waals surface area contributed by atoms with Crippen molar-refractivity contribution in [2.24, 2.45) is 0 Å². The van der Waals surface area contributed by atoms with E-state index < -0.39 is 0 Å². The molecule has 0 unspecified atom stereocenters. The second-order valence-electron chi connectivity index (χ2n) is 13.6. The van der Waals surface area contributed by atoms with Gasteiger partial charge in [-0.2, -0.15) is 0 Å². The number of hydrogen-bond acceptors (Lipinski definition) is 1. The maximum absolute atomic E-state index is 2.49. The van der Waals surface area contributed by atoms with Gasteiger partial charge in [-0.3, -0.25) is 0 Å². The molecule has 0 spiro atoms. The molecule has 8 aromatic rings. The smallest absolute Gasteiger partial charge is 0.0468 e. The zero-order valence-corrected chi connectivity index (χ0v) is 28.6. The van der Waals surface area contributed by atoms with E-state index in [-0.39, 0.29) is 5.41 Å².